The number of hydrogen-bond donors (Lipinski definition) is 0. The Hall–Kier alpha value is -2.88. The minimum Gasteiger partial charge on any atom is -0.465 e. The van der Waals surface area contributed by atoms with Crippen molar-refractivity contribution in [2.45, 2.75) is 26.2 Å². The molecule has 0 aliphatic heterocycles. The summed E-state index contributed by atoms with van der Waals surface area (Å²) in [6.45, 7) is 4.07. The maximum atomic E-state index is 12.9. The van der Waals surface area contributed by atoms with E-state index in [9.17, 15) is 9.59 Å². The summed E-state index contributed by atoms with van der Waals surface area (Å²) in [5.41, 5.74) is 5.22. The van der Waals surface area contributed by atoms with Gasteiger partial charge in [0.2, 0.25) is 0 Å². The maximum Gasteiger partial charge on any atom is 0.317 e. The predicted molar refractivity (Wildman–Crippen MR) is 112 cm³/mol. The van der Waals surface area contributed by atoms with Gasteiger partial charge in [0, 0.05) is 25.7 Å². The SMILES string of the molecule is CCOC(=O)[C@H]1C(=O)C=C(c2ccc(C)cc2)C[C@H]1c1ccc(N(C)C)cc1. The van der Waals surface area contributed by atoms with Crippen molar-refractivity contribution in [1.82, 2.24) is 0 Å². The van der Waals surface area contributed by atoms with Gasteiger partial charge in [0.15, 0.2) is 5.78 Å². The molecule has 4 nitrogen and oxygen atoms in total. The van der Waals surface area contributed by atoms with Crippen LogP contribution < -0.4 is 4.90 Å². The van der Waals surface area contributed by atoms with Crippen LogP contribution in [0.15, 0.2) is 54.6 Å². The van der Waals surface area contributed by atoms with Crippen molar-refractivity contribution in [2.24, 2.45) is 5.92 Å². The molecule has 0 heterocycles. The van der Waals surface area contributed by atoms with E-state index in [1.807, 2.05) is 74.4 Å². The van der Waals surface area contributed by atoms with Crippen LogP contribution in [0.4, 0.5) is 5.69 Å². The summed E-state index contributed by atoms with van der Waals surface area (Å²) in [4.78, 5) is 27.5. The largest absolute Gasteiger partial charge is 0.465 e. The fourth-order valence-corrected chi connectivity index (χ4v) is 3.68. The monoisotopic (exact) mass is 377 g/mol. The number of carbonyl (C=O) groups is 2. The molecule has 0 bridgehead atoms. The zero-order valence-electron chi connectivity index (χ0n) is 16.9. The molecule has 0 N–H and O–H groups in total. The molecule has 2 aromatic rings. The summed E-state index contributed by atoms with van der Waals surface area (Å²) >= 11 is 0. The molecule has 2 atom stereocenters. The number of ketones is 1. The molecule has 0 saturated carbocycles. The summed E-state index contributed by atoms with van der Waals surface area (Å²) in [5, 5.41) is 0. The Kier molecular flexibility index (Phi) is 5.98. The molecule has 0 unspecified atom stereocenters. The van der Waals surface area contributed by atoms with E-state index in [-0.39, 0.29) is 18.3 Å². The molecule has 3 rings (SSSR count). The molecule has 0 saturated heterocycles. The molecule has 2 aromatic carbocycles. The number of allylic oxidation sites excluding steroid dienone is 2. The number of ether oxygens (including phenoxy) is 1. The van der Waals surface area contributed by atoms with Crippen LogP contribution in [-0.4, -0.2) is 32.5 Å². The van der Waals surface area contributed by atoms with Gasteiger partial charge in [-0.3, -0.25) is 9.59 Å². The Balaban J connectivity index is 1.99. The second kappa shape index (κ2) is 8.42. The molecule has 0 amide bonds. The molecule has 28 heavy (non-hydrogen) atoms. The summed E-state index contributed by atoms with van der Waals surface area (Å²) in [6.07, 6.45) is 2.25. The number of benzene rings is 2. The van der Waals surface area contributed by atoms with Crippen LogP contribution in [0.1, 0.15) is 36.0 Å². The Morgan fingerprint density at radius 2 is 1.71 bits per heavy atom. The van der Waals surface area contributed by atoms with E-state index in [1.165, 1.54) is 5.56 Å². The zero-order valence-corrected chi connectivity index (χ0v) is 16.9. The fourth-order valence-electron chi connectivity index (χ4n) is 3.68. The second-order valence-corrected chi connectivity index (χ2v) is 7.46. The van der Waals surface area contributed by atoms with Crippen LogP contribution in [0.3, 0.4) is 0 Å². The van der Waals surface area contributed by atoms with E-state index < -0.39 is 11.9 Å². The van der Waals surface area contributed by atoms with Gasteiger partial charge in [-0.05, 0) is 55.2 Å². The van der Waals surface area contributed by atoms with E-state index >= 15 is 0 Å². The zero-order chi connectivity index (χ0) is 20.3. The lowest BCUT2D eigenvalue weighted by Gasteiger charge is -2.30. The molecule has 0 fully saturated rings. The molecule has 1 aliphatic rings. The van der Waals surface area contributed by atoms with Crippen LogP contribution in [0.25, 0.3) is 5.57 Å². The first kappa shape index (κ1) is 19.9. The molecular weight excluding hydrogens is 350 g/mol. The van der Waals surface area contributed by atoms with Gasteiger partial charge >= 0.3 is 5.97 Å². The molecule has 4 heteroatoms. The second-order valence-electron chi connectivity index (χ2n) is 7.46. The van der Waals surface area contributed by atoms with Crippen LogP contribution >= 0.6 is 0 Å². The summed E-state index contributed by atoms with van der Waals surface area (Å²) in [7, 11) is 3.97. The van der Waals surface area contributed by atoms with Crippen molar-refractivity contribution in [2.75, 3.05) is 25.6 Å². The lowest BCUT2D eigenvalue weighted by atomic mass is 9.73. The third-order valence-corrected chi connectivity index (χ3v) is 5.27. The summed E-state index contributed by atoms with van der Waals surface area (Å²) in [5.74, 6) is -1.64. The molecule has 1 aliphatic carbocycles. The van der Waals surface area contributed by atoms with Crippen LogP contribution in [0.5, 0.6) is 0 Å². The molecular formula is C24H27NO3. The minimum absolute atomic E-state index is 0.179. The van der Waals surface area contributed by atoms with Crippen LogP contribution in [0, 0.1) is 12.8 Å². The number of anilines is 1. The van der Waals surface area contributed by atoms with Gasteiger partial charge < -0.3 is 9.64 Å². The highest BCUT2D eigenvalue weighted by Gasteiger charge is 2.39. The van der Waals surface area contributed by atoms with Crippen molar-refractivity contribution < 1.29 is 14.3 Å². The number of carbonyl (C=O) groups excluding carboxylic acids is 2. The molecule has 146 valence electrons. The third kappa shape index (κ3) is 4.16. The Bertz CT molecular complexity index is 879. The van der Waals surface area contributed by atoms with Gasteiger partial charge in [-0.1, -0.05) is 42.0 Å². The third-order valence-electron chi connectivity index (χ3n) is 5.27. The first-order chi connectivity index (χ1) is 13.4. The summed E-state index contributed by atoms with van der Waals surface area (Å²) in [6, 6.07) is 16.2. The van der Waals surface area contributed by atoms with Crippen LogP contribution in [0.2, 0.25) is 0 Å². The van der Waals surface area contributed by atoms with E-state index in [0.29, 0.717) is 6.42 Å². The van der Waals surface area contributed by atoms with Crippen molar-refractivity contribution in [3.05, 3.63) is 71.3 Å². The van der Waals surface area contributed by atoms with Gasteiger partial charge in [-0.15, -0.1) is 0 Å². The standard InChI is InChI=1S/C24H27NO3/c1-5-28-24(27)23-21(18-10-12-20(13-11-18)25(3)4)14-19(15-22(23)26)17-8-6-16(2)7-9-17/h6-13,15,21,23H,5,14H2,1-4H3/t21-,23+/m0/s1. The molecule has 0 spiro atoms. The number of rotatable bonds is 5. The highest BCUT2D eigenvalue weighted by Crippen LogP contribution is 2.40. The number of hydrogen-bond acceptors (Lipinski definition) is 4. The number of nitrogens with zero attached hydrogens (tertiary/aromatic N) is 1. The van der Waals surface area contributed by atoms with Crippen molar-refractivity contribution in [1.29, 1.82) is 0 Å². The highest BCUT2D eigenvalue weighted by atomic mass is 16.5. The van der Waals surface area contributed by atoms with Gasteiger partial charge in [0.05, 0.1) is 6.61 Å². The first-order valence-electron chi connectivity index (χ1n) is 9.66. The van der Waals surface area contributed by atoms with Gasteiger partial charge in [-0.2, -0.15) is 0 Å². The van der Waals surface area contributed by atoms with E-state index in [0.717, 1.165) is 22.4 Å². The quantitative estimate of drug-likeness (QED) is 0.573. The van der Waals surface area contributed by atoms with Crippen molar-refractivity contribution in [3.8, 4) is 0 Å². The topological polar surface area (TPSA) is 46.6 Å². The minimum atomic E-state index is -0.792. The van der Waals surface area contributed by atoms with Crippen LogP contribution in [-0.2, 0) is 14.3 Å². The predicted octanol–water partition coefficient (Wildman–Crippen LogP) is 4.38. The summed E-state index contributed by atoms with van der Waals surface area (Å²) < 4.78 is 5.22. The average molecular weight is 377 g/mol. The lowest BCUT2D eigenvalue weighted by molar-refractivity contribution is -0.151. The fraction of sp³-hybridized carbons (Fsp3) is 0.333. The van der Waals surface area contributed by atoms with Gasteiger partial charge in [0.1, 0.15) is 5.92 Å². The normalized spacial score (nSPS) is 19.1. The highest BCUT2D eigenvalue weighted by molar-refractivity contribution is 6.10. The van der Waals surface area contributed by atoms with E-state index in [1.54, 1.807) is 13.0 Å². The first-order valence-corrected chi connectivity index (χ1v) is 9.66. The Morgan fingerprint density at radius 3 is 2.29 bits per heavy atom. The number of esters is 1. The lowest BCUT2D eigenvalue weighted by Crippen LogP contribution is -2.34. The number of aryl methyl sites for hydroxylation is 1. The Morgan fingerprint density at radius 1 is 1.07 bits per heavy atom. The average Bonchev–Trinajstić information content (AvgIpc) is 2.68. The molecule has 0 aromatic heterocycles. The smallest absolute Gasteiger partial charge is 0.317 e. The van der Waals surface area contributed by atoms with E-state index in [4.69, 9.17) is 4.74 Å². The van der Waals surface area contributed by atoms with Gasteiger partial charge in [0.25, 0.3) is 0 Å². The maximum absolute atomic E-state index is 12.9. The Labute approximate surface area is 166 Å². The van der Waals surface area contributed by atoms with E-state index in [2.05, 4.69) is 0 Å². The van der Waals surface area contributed by atoms with Crippen molar-refractivity contribution >= 4 is 23.0 Å². The molecule has 0 radical (unpaired) electrons. The van der Waals surface area contributed by atoms with Crippen molar-refractivity contribution in [3.63, 3.8) is 0 Å². The van der Waals surface area contributed by atoms with Gasteiger partial charge in [-0.25, -0.2) is 0 Å².